The normalized spacial score (nSPS) is 13.4. The van der Waals surface area contributed by atoms with Gasteiger partial charge in [-0.05, 0) is 37.6 Å². The molecule has 0 saturated heterocycles. The molecular formula is C18H20N4O6S. The van der Waals surface area contributed by atoms with Gasteiger partial charge in [0.15, 0.2) is 0 Å². The van der Waals surface area contributed by atoms with Crippen molar-refractivity contribution in [2.24, 2.45) is 0 Å². The van der Waals surface area contributed by atoms with E-state index in [1.54, 1.807) is 0 Å². The maximum absolute atomic E-state index is 12.4. The second-order valence-corrected chi connectivity index (χ2v) is 7.98. The number of fused-ring (bicyclic) bond motifs is 1. The Kier molecular flexibility index (Phi) is 5.82. The molecule has 0 spiro atoms. The van der Waals surface area contributed by atoms with Crippen LogP contribution in [0.2, 0.25) is 0 Å². The lowest BCUT2D eigenvalue weighted by Crippen LogP contribution is -2.26. The molecule has 0 bridgehead atoms. The van der Waals surface area contributed by atoms with Crippen LogP contribution in [0.5, 0.6) is 0 Å². The summed E-state index contributed by atoms with van der Waals surface area (Å²) in [4.78, 5) is 36.1. The van der Waals surface area contributed by atoms with Crippen LogP contribution in [0.25, 0.3) is 5.69 Å². The summed E-state index contributed by atoms with van der Waals surface area (Å²) < 4.78 is 33.4. The van der Waals surface area contributed by atoms with Crippen molar-refractivity contribution in [1.82, 2.24) is 14.6 Å². The van der Waals surface area contributed by atoms with Crippen LogP contribution in [-0.2, 0) is 14.8 Å². The SMILES string of the molecule is CCOCCCNS(=O)(=O)c1ccc(-n2c(N)c3c(cc2=O)C(=O)NC3=O)cc1. The molecule has 2 heterocycles. The first-order chi connectivity index (χ1) is 13.8. The number of imide groups is 1. The molecule has 2 amide bonds. The molecule has 3 rings (SSSR count). The summed E-state index contributed by atoms with van der Waals surface area (Å²) in [5.74, 6) is -1.56. The molecular weight excluding hydrogens is 400 g/mol. The quantitative estimate of drug-likeness (QED) is 0.402. The number of nitrogens with one attached hydrogen (secondary N) is 2. The van der Waals surface area contributed by atoms with Gasteiger partial charge in [0, 0.05) is 25.8 Å². The van der Waals surface area contributed by atoms with E-state index in [9.17, 15) is 22.8 Å². The molecule has 154 valence electrons. The summed E-state index contributed by atoms with van der Waals surface area (Å²) in [6.07, 6.45) is 0.535. The Bertz CT molecular complexity index is 1120. The van der Waals surface area contributed by atoms with Gasteiger partial charge in [-0.25, -0.2) is 13.1 Å². The second-order valence-electron chi connectivity index (χ2n) is 6.22. The molecule has 0 atom stereocenters. The van der Waals surface area contributed by atoms with E-state index in [4.69, 9.17) is 10.5 Å². The van der Waals surface area contributed by atoms with Crippen molar-refractivity contribution in [2.45, 2.75) is 18.2 Å². The van der Waals surface area contributed by atoms with Crippen molar-refractivity contribution in [3.8, 4) is 5.69 Å². The molecule has 0 unspecified atom stereocenters. The molecule has 2 aromatic rings. The van der Waals surface area contributed by atoms with Gasteiger partial charge in [0.2, 0.25) is 10.0 Å². The van der Waals surface area contributed by atoms with Gasteiger partial charge < -0.3 is 10.5 Å². The molecule has 1 aliphatic heterocycles. The van der Waals surface area contributed by atoms with Crippen molar-refractivity contribution >= 4 is 27.7 Å². The minimum Gasteiger partial charge on any atom is -0.384 e. The Morgan fingerprint density at radius 1 is 1.14 bits per heavy atom. The van der Waals surface area contributed by atoms with Crippen molar-refractivity contribution in [3.63, 3.8) is 0 Å². The molecule has 11 heteroatoms. The highest BCUT2D eigenvalue weighted by Gasteiger charge is 2.31. The molecule has 0 radical (unpaired) electrons. The zero-order valence-corrected chi connectivity index (χ0v) is 16.4. The maximum Gasteiger partial charge on any atom is 0.262 e. The predicted molar refractivity (Wildman–Crippen MR) is 105 cm³/mol. The molecule has 0 fully saturated rings. The van der Waals surface area contributed by atoms with Crippen LogP contribution in [0.4, 0.5) is 5.82 Å². The lowest BCUT2D eigenvalue weighted by molar-refractivity contribution is 0.0880. The highest BCUT2D eigenvalue weighted by atomic mass is 32.2. The van der Waals surface area contributed by atoms with E-state index in [1.165, 1.54) is 24.3 Å². The van der Waals surface area contributed by atoms with Crippen molar-refractivity contribution in [1.29, 1.82) is 0 Å². The molecule has 0 saturated carbocycles. The van der Waals surface area contributed by atoms with Gasteiger partial charge in [0.25, 0.3) is 17.4 Å². The van der Waals surface area contributed by atoms with E-state index in [2.05, 4.69) is 10.0 Å². The lowest BCUT2D eigenvalue weighted by Gasteiger charge is -2.13. The molecule has 29 heavy (non-hydrogen) atoms. The Morgan fingerprint density at radius 2 is 1.83 bits per heavy atom. The van der Waals surface area contributed by atoms with Crippen molar-refractivity contribution in [3.05, 3.63) is 51.8 Å². The van der Waals surface area contributed by atoms with Crippen LogP contribution in [0.15, 0.2) is 40.0 Å². The average Bonchev–Trinajstić information content (AvgIpc) is 2.95. The number of nitrogens with zero attached hydrogens (tertiary/aromatic N) is 1. The number of hydrogen-bond acceptors (Lipinski definition) is 7. The number of nitrogen functional groups attached to an aromatic ring is 1. The van der Waals surface area contributed by atoms with Crippen LogP contribution in [0, 0.1) is 0 Å². The Morgan fingerprint density at radius 3 is 2.48 bits per heavy atom. The van der Waals surface area contributed by atoms with Gasteiger partial charge in [-0.15, -0.1) is 0 Å². The van der Waals surface area contributed by atoms with Crippen LogP contribution >= 0.6 is 0 Å². The van der Waals surface area contributed by atoms with Gasteiger partial charge in [-0.2, -0.15) is 0 Å². The van der Waals surface area contributed by atoms with Crippen LogP contribution in [0.3, 0.4) is 0 Å². The third-order valence-electron chi connectivity index (χ3n) is 4.32. The third-order valence-corrected chi connectivity index (χ3v) is 5.80. The summed E-state index contributed by atoms with van der Waals surface area (Å²) in [5.41, 5.74) is 5.44. The number of anilines is 1. The number of amides is 2. The third kappa shape index (κ3) is 4.06. The van der Waals surface area contributed by atoms with Gasteiger partial charge in [0.05, 0.1) is 21.7 Å². The van der Waals surface area contributed by atoms with E-state index in [0.29, 0.717) is 19.6 Å². The molecule has 1 aromatic carbocycles. The van der Waals surface area contributed by atoms with Gasteiger partial charge in [-0.3, -0.25) is 24.3 Å². The number of carbonyl (C=O) groups is 2. The van der Waals surface area contributed by atoms with Crippen LogP contribution in [0.1, 0.15) is 34.1 Å². The van der Waals surface area contributed by atoms with Gasteiger partial charge in [-0.1, -0.05) is 0 Å². The molecule has 4 N–H and O–H groups in total. The monoisotopic (exact) mass is 420 g/mol. The highest BCUT2D eigenvalue weighted by molar-refractivity contribution is 7.89. The minimum absolute atomic E-state index is 0.0124. The van der Waals surface area contributed by atoms with Crippen molar-refractivity contribution in [2.75, 3.05) is 25.5 Å². The Hall–Kier alpha value is -3.02. The fraction of sp³-hybridized carbons (Fsp3) is 0.278. The number of hydrogen-bond donors (Lipinski definition) is 3. The van der Waals surface area contributed by atoms with Gasteiger partial charge in [0.1, 0.15) is 5.82 Å². The standard InChI is InChI=1S/C18H20N4O6S/c1-2-28-9-3-8-20-29(26,27)12-6-4-11(5-7-12)22-14(23)10-13-15(16(22)19)18(25)21-17(13)24/h4-7,10,20H,2-3,8-9,19H2,1H3,(H,21,24,25). The van der Waals surface area contributed by atoms with E-state index >= 15 is 0 Å². The first kappa shape index (κ1) is 20.7. The molecule has 0 aliphatic carbocycles. The average molecular weight is 420 g/mol. The van der Waals surface area contributed by atoms with Crippen LogP contribution in [-0.4, -0.2) is 44.6 Å². The maximum atomic E-state index is 12.4. The molecule has 10 nitrogen and oxygen atoms in total. The number of pyridine rings is 1. The summed E-state index contributed by atoms with van der Waals surface area (Å²) in [7, 11) is -3.73. The molecule has 1 aromatic heterocycles. The van der Waals surface area contributed by atoms with E-state index in [0.717, 1.165) is 10.6 Å². The van der Waals surface area contributed by atoms with E-state index in [-0.39, 0.29) is 34.1 Å². The number of carbonyl (C=O) groups excluding carboxylic acids is 2. The first-order valence-electron chi connectivity index (χ1n) is 8.85. The second kappa shape index (κ2) is 8.15. The van der Waals surface area contributed by atoms with Crippen LogP contribution < -0.4 is 21.3 Å². The van der Waals surface area contributed by atoms with Gasteiger partial charge >= 0.3 is 0 Å². The summed E-state index contributed by atoms with van der Waals surface area (Å²) in [6.45, 7) is 3.10. The van der Waals surface area contributed by atoms with E-state index in [1.807, 2.05) is 6.92 Å². The largest absolute Gasteiger partial charge is 0.384 e. The van der Waals surface area contributed by atoms with E-state index < -0.39 is 27.4 Å². The lowest BCUT2D eigenvalue weighted by atomic mass is 10.1. The summed E-state index contributed by atoms with van der Waals surface area (Å²) in [5, 5.41) is 2.08. The topological polar surface area (TPSA) is 150 Å². The first-order valence-corrected chi connectivity index (χ1v) is 10.3. The summed E-state index contributed by atoms with van der Waals surface area (Å²) in [6, 6.07) is 6.47. The Labute approximate surface area is 166 Å². The summed E-state index contributed by atoms with van der Waals surface area (Å²) >= 11 is 0. The smallest absolute Gasteiger partial charge is 0.262 e. The number of aromatic nitrogens is 1. The fourth-order valence-corrected chi connectivity index (χ4v) is 4.00. The number of ether oxygens (including phenoxy) is 1. The Balaban J connectivity index is 1.86. The zero-order valence-electron chi connectivity index (χ0n) is 15.6. The highest BCUT2D eigenvalue weighted by Crippen LogP contribution is 2.23. The number of nitrogens with two attached hydrogens (primary N) is 1. The predicted octanol–water partition coefficient (Wildman–Crippen LogP) is 0.00820. The van der Waals surface area contributed by atoms with Crippen molar-refractivity contribution < 1.29 is 22.7 Å². The minimum atomic E-state index is -3.73. The number of sulfonamides is 1. The molecule has 1 aliphatic rings. The fourth-order valence-electron chi connectivity index (χ4n) is 2.93. The number of rotatable bonds is 8. The zero-order chi connectivity index (χ0) is 21.2. The number of benzene rings is 1.